The van der Waals surface area contributed by atoms with Gasteiger partial charge in [-0.3, -0.25) is 0 Å². The highest BCUT2D eigenvalue weighted by Crippen LogP contribution is 2.57. The SMILES string of the molecule is C=C(C=C1/C(=C\C)C(C)(C)CCC1(C)C)N(c1ccc2c(c1)C(C)(C)CCC2(C)C)c1cc(C)cc(N(c2ccc3c(c2)C(C)(C)c2cc(C(C)(C)C)ccc2-3)c2cc3c(cc2C)C(C)(C)CCC3(C)C)c1C. The standard InChI is InChI=1S/C71H92N2/c1-23-53-58(68(15,16)32-30-65(53,9)10)39-46(4)72(49-26-29-54-59(42-49)69(17,18)33-31-66(54,11)12)62-36-44(2)37-63(47(62)5)73(61-43-60-57(38-45(61)3)67(13,14)34-35-70(60,19)20)50-25-28-52-51-27-24-48(64(6,7)8)40-55(51)71(21,22)56(52)41-50/h23-29,36-43H,4,30-35H2,1-3,5-22H3/b53-23+,58-39?. The Morgan fingerprint density at radius 2 is 0.945 bits per heavy atom. The van der Waals surface area contributed by atoms with Crippen molar-refractivity contribution in [3.8, 4) is 11.1 Å². The van der Waals surface area contributed by atoms with E-state index in [0.717, 1.165) is 25.0 Å². The fourth-order valence-corrected chi connectivity index (χ4v) is 13.8. The van der Waals surface area contributed by atoms with Gasteiger partial charge in [-0.25, -0.2) is 0 Å². The van der Waals surface area contributed by atoms with Gasteiger partial charge in [0.1, 0.15) is 0 Å². The molecule has 9 rings (SSSR count). The third kappa shape index (κ3) is 8.81. The van der Waals surface area contributed by atoms with Crippen LogP contribution in [0.5, 0.6) is 0 Å². The first-order chi connectivity index (χ1) is 33.6. The molecule has 0 unspecified atom stereocenters. The Morgan fingerprint density at radius 1 is 0.479 bits per heavy atom. The van der Waals surface area contributed by atoms with Crippen LogP contribution >= 0.6 is 0 Å². The van der Waals surface area contributed by atoms with Gasteiger partial charge in [0, 0.05) is 28.2 Å². The average molecular weight is 974 g/mol. The maximum Gasteiger partial charge on any atom is 0.0514 e. The van der Waals surface area contributed by atoms with Gasteiger partial charge in [0.05, 0.1) is 11.4 Å². The Balaban J connectivity index is 1.32. The number of nitrogens with zero attached hydrogens (tertiary/aromatic N) is 2. The minimum absolute atomic E-state index is 0.000908. The van der Waals surface area contributed by atoms with Crippen LogP contribution in [0.4, 0.5) is 28.4 Å². The number of benzene rings is 5. The smallest absolute Gasteiger partial charge is 0.0514 e. The molecular weight excluding hydrogens is 881 g/mol. The molecule has 0 N–H and O–H groups in total. The molecule has 73 heavy (non-hydrogen) atoms. The molecule has 5 aromatic rings. The lowest BCUT2D eigenvalue weighted by molar-refractivity contribution is 0.259. The van der Waals surface area contributed by atoms with Crippen molar-refractivity contribution in [1.82, 2.24) is 0 Å². The van der Waals surface area contributed by atoms with Crippen molar-refractivity contribution >= 4 is 28.4 Å². The fraction of sp³-hybridized carbons (Fsp3) is 0.493. The lowest BCUT2D eigenvalue weighted by Gasteiger charge is -2.45. The van der Waals surface area contributed by atoms with Gasteiger partial charge in [-0.05, 0) is 231 Å². The fourth-order valence-electron chi connectivity index (χ4n) is 13.8. The van der Waals surface area contributed by atoms with Crippen molar-refractivity contribution in [3.63, 3.8) is 0 Å². The normalized spacial score (nSPS) is 21.5. The third-order valence-corrected chi connectivity index (χ3v) is 19.3. The largest absolute Gasteiger partial charge is 0.311 e. The molecule has 0 saturated heterocycles. The van der Waals surface area contributed by atoms with E-state index in [-0.39, 0.29) is 43.3 Å². The maximum atomic E-state index is 5.12. The molecule has 0 amide bonds. The number of hydrogen-bond acceptors (Lipinski definition) is 2. The van der Waals surface area contributed by atoms with Crippen molar-refractivity contribution in [2.24, 2.45) is 10.8 Å². The molecule has 0 heterocycles. The van der Waals surface area contributed by atoms with Gasteiger partial charge in [-0.1, -0.05) is 167 Å². The molecule has 0 radical (unpaired) electrons. The van der Waals surface area contributed by atoms with Crippen LogP contribution in [0.25, 0.3) is 11.1 Å². The van der Waals surface area contributed by atoms with E-state index < -0.39 is 0 Å². The van der Waals surface area contributed by atoms with Gasteiger partial charge in [0.15, 0.2) is 0 Å². The first-order valence-corrected chi connectivity index (χ1v) is 28.0. The topological polar surface area (TPSA) is 6.48 Å². The highest BCUT2D eigenvalue weighted by Gasteiger charge is 2.43. The minimum Gasteiger partial charge on any atom is -0.311 e. The summed E-state index contributed by atoms with van der Waals surface area (Å²) in [6.45, 7) is 55.6. The molecule has 0 spiro atoms. The van der Waals surface area contributed by atoms with Crippen LogP contribution in [0.15, 0.2) is 114 Å². The summed E-state index contributed by atoms with van der Waals surface area (Å²) in [5.74, 6) is 0. The second-order valence-corrected chi connectivity index (χ2v) is 28.9. The molecule has 1 saturated carbocycles. The molecule has 4 aliphatic carbocycles. The second kappa shape index (κ2) is 17.2. The van der Waals surface area contributed by atoms with Gasteiger partial charge < -0.3 is 9.80 Å². The van der Waals surface area contributed by atoms with Crippen LogP contribution in [-0.4, -0.2) is 0 Å². The highest BCUT2D eigenvalue weighted by atomic mass is 15.2. The van der Waals surface area contributed by atoms with Gasteiger partial charge in [0.2, 0.25) is 0 Å². The molecule has 1 fully saturated rings. The molecule has 0 atom stereocenters. The maximum absolute atomic E-state index is 5.12. The summed E-state index contributed by atoms with van der Waals surface area (Å²) in [6.07, 6.45) is 11.8. The monoisotopic (exact) mass is 973 g/mol. The van der Waals surface area contributed by atoms with E-state index in [0.29, 0.717) is 0 Å². The number of rotatable bonds is 7. The summed E-state index contributed by atoms with van der Waals surface area (Å²) < 4.78 is 0. The van der Waals surface area contributed by atoms with Crippen molar-refractivity contribution in [3.05, 3.63) is 170 Å². The first-order valence-electron chi connectivity index (χ1n) is 28.0. The van der Waals surface area contributed by atoms with E-state index in [2.05, 4.69) is 246 Å². The van der Waals surface area contributed by atoms with Crippen LogP contribution in [0.3, 0.4) is 0 Å². The zero-order valence-corrected chi connectivity index (χ0v) is 49.5. The van der Waals surface area contributed by atoms with Crippen LogP contribution in [0.2, 0.25) is 0 Å². The number of anilines is 5. The summed E-state index contributed by atoms with van der Waals surface area (Å²) in [5, 5.41) is 0. The predicted octanol–water partition coefficient (Wildman–Crippen LogP) is 20.8. The van der Waals surface area contributed by atoms with Crippen LogP contribution in [-0.2, 0) is 32.5 Å². The van der Waals surface area contributed by atoms with E-state index in [1.165, 1.54) is 126 Å². The van der Waals surface area contributed by atoms with Crippen molar-refractivity contribution < 1.29 is 0 Å². The highest BCUT2D eigenvalue weighted by molar-refractivity contribution is 5.90. The molecule has 0 aliphatic heterocycles. The number of aryl methyl sites for hydroxylation is 2. The zero-order chi connectivity index (χ0) is 53.6. The van der Waals surface area contributed by atoms with Gasteiger partial charge in [-0.15, -0.1) is 0 Å². The lowest BCUT2D eigenvalue weighted by atomic mass is 9.60. The van der Waals surface area contributed by atoms with Crippen molar-refractivity contribution in [1.29, 1.82) is 0 Å². The second-order valence-electron chi connectivity index (χ2n) is 28.9. The zero-order valence-electron chi connectivity index (χ0n) is 49.5. The molecule has 2 heteroatoms. The van der Waals surface area contributed by atoms with Gasteiger partial charge in [0.25, 0.3) is 0 Å². The quantitative estimate of drug-likeness (QED) is 0.160. The van der Waals surface area contributed by atoms with E-state index in [9.17, 15) is 0 Å². The molecule has 0 aromatic heterocycles. The molecule has 386 valence electrons. The molecule has 2 nitrogen and oxygen atoms in total. The Kier molecular flexibility index (Phi) is 12.5. The van der Waals surface area contributed by atoms with Gasteiger partial charge in [-0.2, -0.15) is 0 Å². The third-order valence-electron chi connectivity index (χ3n) is 19.3. The van der Waals surface area contributed by atoms with E-state index >= 15 is 0 Å². The van der Waals surface area contributed by atoms with E-state index in [1.807, 2.05) is 0 Å². The average Bonchev–Trinajstić information content (AvgIpc) is 3.52. The minimum atomic E-state index is -0.179. The first kappa shape index (κ1) is 52.8. The summed E-state index contributed by atoms with van der Waals surface area (Å²) in [7, 11) is 0. The van der Waals surface area contributed by atoms with Crippen LogP contribution in [0.1, 0.15) is 219 Å². The molecule has 5 aromatic carbocycles. The predicted molar refractivity (Wildman–Crippen MR) is 319 cm³/mol. The summed E-state index contributed by atoms with van der Waals surface area (Å²) >= 11 is 0. The Hall–Kier alpha value is -5.08. The molecular formula is C71H92N2. The van der Waals surface area contributed by atoms with Crippen molar-refractivity contribution in [2.75, 3.05) is 9.80 Å². The summed E-state index contributed by atoms with van der Waals surface area (Å²) in [4.78, 5) is 5.17. The number of allylic oxidation sites excluding steroid dienone is 4. The number of fused-ring (bicyclic) bond motifs is 5. The van der Waals surface area contributed by atoms with E-state index in [1.54, 1.807) is 0 Å². The molecule has 4 aliphatic rings. The summed E-state index contributed by atoms with van der Waals surface area (Å²) in [6, 6.07) is 32.1. The van der Waals surface area contributed by atoms with Crippen molar-refractivity contribution in [2.45, 2.75) is 216 Å². The Labute approximate surface area is 444 Å². The van der Waals surface area contributed by atoms with Gasteiger partial charge >= 0.3 is 0 Å². The Morgan fingerprint density at radius 3 is 1.52 bits per heavy atom. The number of hydrogen-bond donors (Lipinski definition) is 0. The van der Waals surface area contributed by atoms with Crippen LogP contribution < -0.4 is 9.80 Å². The molecule has 0 bridgehead atoms. The Bertz CT molecular complexity index is 3140. The summed E-state index contributed by atoms with van der Waals surface area (Å²) in [5.41, 5.74) is 26.7. The van der Waals surface area contributed by atoms with E-state index in [4.69, 9.17) is 6.58 Å². The van der Waals surface area contributed by atoms with Crippen LogP contribution in [0, 0.1) is 31.6 Å². The lowest BCUT2D eigenvalue weighted by Crippen LogP contribution is -2.34.